The number of amides is 1. The second-order valence-corrected chi connectivity index (χ2v) is 7.83. The van der Waals surface area contributed by atoms with Gasteiger partial charge in [-0.25, -0.2) is 13.8 Å². The molecule has 0 atom stereocenters. The molecule has 144 valence electrons. The van der Waals surface area contributed by atoms with Gasteiger partial charge in [0, 0.05) is 7.05 Å². The van der Waals surface area contributed by atoms with Crippen LogP contribution in [0.4, 0.5) is 0 Å². The fourth-order valence-electron chi connectivity index (χ4n) is 2.30. The standard InChI is InChI=1S/C18H21N3O5S/c1-13-9-16(7-8-17(13)26-3)27(24,25)21(2)12-18(23)20-19-11-14-5-4-6-15(22)10-14/h4-11,22H,12H2,1-3H3,(H,20,23)/b19-11+. The molecule has 0 aromatic heterocycles. The number of nitrogens with one attached hydrogen (secondary N) is 1. The van der Waals surface area contributed by atoms with Crippen molar-refractivity contribution in [3.8, 4) is 11.5 Å². The van der Waals surface area contributed by atoms with Crippen molar-refractivity contribution in [1.29, 1.82) is 0 Å². The summed E-state index contributed by atoms with van der Waals surface area (Å²) in [5, 5.41) is 13.1. The second kappa shape index (κ2) is 8.65. The Kier molecular flexibility index (Phi) is 6.54. The Morgan fingerprint density at radius 3 is 2.67 bits per heavy atom. The van der Waals surface area contributed by atoms with Crippen LogP contribution in [0.1, 0.15) is 11.1 Å². The van der Waals surface area contributed by atoms with Crippen molar-refractivity contribution >= 4 is 22.1 Å². The number of hydrazone groups is 1. The Bertz CT molecular complexity index is 957. The molecule has 0 unspecified atom stereocenters. The maximum Gasteiger partial charge on any atom is 0.255 e. The molecule has 0 aliphatic rings. The van der Waals surface area contributed by atoms with E-state index in [4.69, 9.17) is 4.74 Å². The van der Waals surface area contributed by atoms with Crippen LogP contribution in [0, 0.1) is 6.92 Å². The largest absolute Gasteiger partial charge is 0.508 e. The lowest BCUT2D eigenvalue weighted by Crippen LogP contribution is -2.36. The summed E-state index contributed by atoms with van der Waals surface area (Å²) in [6.07, 6.45) is 1.35. The molecule has 0 spiro atoms. The monoisotopic (exact) mass is 391 g/mol. The molecule has 9 heteroatoms. The number of aryl methyl sites for hydroxylation is 1. The van der Waals surface area contributed by atoms with E-state index >= 15 is 0 Å². The minimum Gasteiger partial charge on any atom is -0.508 e. The Morgan fingerprint density at radius 1 is 1.30 bits per heavy atom. The summed E-state index contributed by atoms with van der Waals surface area (Å²) in [4.78, 5) is 12.0. The minimum atomic E-state index is -3.83. The summed E-state index contributed by atoms with van der Waals surface area (Å²) < 4.78 is 31.2. The molecule has 0 aliphatic heterocycles. The van der Waals surface area contributed by atoms with E-state index in [1.807, 2.05) is 0 Å². The highest BCUT2D eigenvalue weighted by molar-refractivity contribution is 7.89. The van der Waals surface area contributed by atoms with Gasteiger partial charge < -0.3 is 9.84 Å². The molecule has 2 rings (SSSR count). The third-order valence-electron chi connectivity index (χ3n) is 3.71. The van der Waals surface area contributed by atoms with Gasteiger partial charge in [-0.3, -0.25) is 4.79 Å². The first-order chi connectivity index (χ1) is 12.7. The highest BCUT2D eigenvalue weighted by Gasteiger charge is 2.23. The lowest BCUT2D eigenvalue weighted by molar-refractivity contribution is -0.121. The third kappa shape index (κ3) is 5.28. The Hall–Kier alpha value is -2.91. The maximum absolute atomic E-state index is 12.6. The van der Waals surface area contributed by atoms with Crippen LogP contribution in [0.2, 0.25) is 0 Å². The van der Waals surface area contributed by atoms with Gasteiger partial charge in [0.25, 0.3) is 5.91 Å². The maximum atomic E-state index is 12.6. The molecule has 0 saturated carbocycles. The highest BCUT2D eigenvalue weighted by atomic mass is 32.2. The molecule has 27 heavy (non-hydrogen) atoms. The topological polar surface area (TPSA) is 108 Å². The van der Waals surface area contributed by atoms with Gasteiger partial charge >= 0.3 is 0 Å². The van der Waals surface area contributed by atoms with Crippen molar-refractivity contribution in [2.24, 2.45) is 5.10 Å². The Labute approximate surface area is 158 Å². The van der Waals surface area contributed by atoms with E-state index in [0.29, 0.717) is 16.9 Å². The van der Waals surface area contributed by atoms with Crippen LogP contribution < -0.4 is 10.2 Å². The quantitative estimate of drug-likeness (QED) is 0.549. The number of aromatic hydroxyl groups is 1. The van der Waals surface area contributed by atoms with Crippen LogP contribution in [-0.4, -0.2) is 50.7 Å². The van der Waals surface area contributed by atoms with E-state index < -0.39 is 22.5 Å². The van der Waals surface area contributed by atoms with Crippen molar-refractivity contribution in [3.63, 3.8) is 0 Å². The molecule has 8 nitrogen and oxygen atoms in total. The first-order valence-corrected chi connectivity index (χ1v) is 9.40. The predicted molar refractivity (Wildman–Crippen MR) is 101 cm³/mol. The molecule has 2 N–H and O–H groups in total. The predicted octanol–water partition coefficient (Wildman–Crippen LogP) is 1.48. The molecular weight excluding hydrogens is 370 g/mol. The fraction of sp³-hybridized carbons (Fsp3) is 0.222. The van der Waals surface area contributed by atoms with Gasteiger partial charge in [0.2, 0.25) is 10.0 Å². The lowest BCUT2D eigenvalue weighted by atomic mass is 10.2. The number of sulfonamides is 1. The van der Waals surface area contributed by atoms with Crippen LogP contribution in [0.15, 0.2) is 52.5 Å². The summed E-state index contributed by atoms with van der Waals surface area (Å²) in [5.74, 6) is 0.0595. The van der Waals surface area contributed by atoms with Gasteiger partial charge in [-0.2, -0.15) is 9.41 Å². The number of phenols is 1. The van der Waals surface area contributed by atoms with Gasteiger partial charge in [-0.05, 0) is 48.4 Å². The zero-order valence-electron chi connectivity index (χ0n) is 15.2. The molecule has 0 heterocycles. The molecule has 2 aromatic rings. The van der Waals surface area contributed by atoms with Gasteiger partial charge in [0.1, 0.15) is 11.5 Å². The fourth-order valence-corrected chi connectivity index (χ4v) is 3.51. The Morgan fingerprint density at radius 2 is 2.04 bits per heavy atom. The third-order valence-corrected chi connectivity index (χ3v) is 5.51. The molecule has 0 aliphatic carbocycles. The van der Waals surface area contributed by atoms with Crippen molar-refractivity contribution in [2.45, 2.75) is 11.8 Å². The number of methoxy groups -OCH3 is 1. The average Bonchev–Trinajstić information content (AvgIpc) is 2.61. The summed E-state index contributed by atoms with van der Waals surface area (Å²) in [7, 11) is -1.02. The van der Waals surface area contributed by atoms with E-state index in [-0.39, 0.29) is 10.6 Å². The minimum absolute atomic E-state index is 0.0689. The number of carbonyl (C=O) groups excluding carboxylic acids is 1. The molecule has 1 amide bonds. The van der Waals surface area contributed by atoms with E-state index in [1.54, 1.807) is 25.1 Å². The molecule has 0 fully saturated rings. The molecular formula is C18H21N3O5S. The van der Waals surface area contributed by atoms with Gasteiger partial charge in [-0.15, -0.1) is 0 Å². The van der Waals surface area contributed by atoms with Gasteiger partial charge in [0.15, 0.2) is 0 Å². The van der Waals surface area contributed by atoms with Crippen LogP contribution in [0.3, 0.4) is 0 Å². The molecule has 2 aromatic carbocycles. The van der Waals surface area contributed by atoms with Crippen molar-refractivity contribution in [2.75, 3.05) is 20.7 Å². The first kappa shape index (κ1) is 20.4. The second-order valence-electron chi connectivity index (χ2n) is 5.78. The molecule has 0 bridgehead atoms. The van der Waals surface area contributed by atoms with Crippen LogP contribution >= 0.6 is 0 Å². The average molecular weight is 391 g/mol. The number of likely N-dealkylation sites (N-methyl/N-ethyl adjacent to an activating group) is 1. The summed E-state index contributed by atoms with van der Waals surface area (Å²) >= 11 is 0. The van der Waals surface area contributed by atoms with E-state index in [0.717, 1.165) is 4.31 Å². The lowest BCUT2D eigenvalue weighted by Gasteiger charge is -2.17. The smallest absolute Gasteiger partial charge is 0.255 e. The van der Waals surface area contributed by atoms with Gasteiger partial charge in [0.05, 0.1) is 24.8 Å². The summed E-state index contributed by atoms with van der Waals surface area (Å²) in [6.45, 7) is 1.34. The highest BCUT2D eigenvalue weighted by Crippen LogP contribution is 2.23. The van der Waals surface area contributed by atoms with Crippen LogP contribution in [0.25, 0.3) is 0 Å². The normalized spacial score (nSPS) is 11.7. The number of hydrogen-bond acceptors (Lipinski definition) is 6. The number of carbonyl (C=O) groups is 1. The van der Waals surface area contributed by atoms with E-state index in [9.17, 15) is 18.3 Å². The Balaban J connectivity index is 2.01. The summed E-state index contributed by atoms with van der Waals surface area (Å²) in [5.41, 5.74) is 3.52. The van der Waals surface area contributed by atoms with E-state index in [2.05, 4.69) is 10.5 Å². The van der Waals surface area contributed by atoms with Crippen LogP contribution in [0.5, 0.6) is 11.5 Å². The molecule has 0 saturated heterocycles. The zero-order valence-corrected chi connectivity index (χ0v) is 16.0. The summed E-state index contributed by atoms with van der Waals surface area (Å²) in [6, 6.07) is 10.8. The molecule has 0 radical (unpaired) electrons. The van der Waals surface area contributed by atoms with E-state index in [1.165, 1.54) is 44.6 Å². The number of benzene rings is 2. The van der Waals surface area contributed by atoms with Crippen molar-refractivity contribution < 1.29 is 23.1 Å². The number of rotatable bonds is 7. The van der Waals surface area contributed by atoms with Crippen LogP contribution in [-0.2, 0) is 14.8 Å². The zero-order chi connectivity index (χ0) is 20.0. The number of hydrogen-bond donors (Lipinski definition) is 2. The van der Waals surface area contributed by atoms with Crippen molar-refractivity contribution in [3.05, 3.63) is 53.6 Å². The first-order valence-electron chi connectivity index (χ1n) is 7.96. The number of phenolic OH excluding ortho intramolecular Hbond substituents is 1. The SMILES string of the molecule is COc1ccc(S(=O)(=O)N(C)CC(=O)N/N=C/c2cccc(O)c2)cc1C. The van der Waals surface area contributed by atoms with Gasteiger partial charge in [-0.1, -0.05) is 12.1 Å². The number of nitrogens with zero attached hydrogens (tertiary/aromatic N) is 2. The number of ether oxygens (including phenoxy) is 1. The van der Waals surface area contributed by atoms with Crippen molar-refractivity contribution in [1.82, 2.24) is 9.73 Å².